The van der Waals surface area contributed by atoms with E-state index in [9.17, 15) is 53.1 Å². The molecule has 0 radical (unpaired) electrons. The predicted molar refractivity (Wildman–Crippen MR) is 130 cm³/mol. The fraction of sp³-hybridized carbons (Fsp3) is 0.444. The summed E-state index contributed by atoms with van der Waals surface area (Å²) in [6.07, 6.45) is -11.9. The Labute approximate surface area is 230 Å². The van der Waals surface area contributed by atoms with Gasteiger partial charge in [0.15, 0.2) is 17.9 Å². The maximum atomic E-state index is 13.3. The van der Waals surface area contributed by atoms with Crippen LogP contribution < -0.4 is 5.32 Å². The first-order chi connectivity index (χ1) is 19.2. The minimum absolute atomic E-state index is 0.000650. The Bertz CT molecular complexity index is 1430. The third kappa shape index (κ3) is 4.85. The minimum atomic E-state index is -5.19. The van der Waals surface area contributed by atoms with Gasteiger partial charge in [-0.3, -0.25) is 14.4 Å². The van der Waals surface area contributed by atoms with E-state index in [2.05, 4.69) is 0 Å². The molecule has 41 heavy (non-hydrogen) atoms. The highest BCUT2D eigenvalue weighted by atomic mass is 19.4. The van der Waals surface area contributed by atoms with E-state index in [0.717, 1.165) is 0 Å². The smallest absolute Gasteiger partial charge is 0.471 e. The van der Waals surface area contributed by atoms with E-state index < -0.39 is 102 Å². The summed E-state index contributed by atoms with van der Waals surface area (Å²) in [4.78, 5) is 38.0. The summed E-state index contributed by atoms with van der Waals surface area (Å²) in [6.45, 7) is 0.468. The summed E-state index contributed by atoms with van der Waals surface area (Å²) in [5.74, 6) is -5.12. The number of carbonyl (C=O) groups is 3. The van der Waals surface area contributed by atoms with Crippen molar-refractivity contribution in [2.24, 2.45) is 0 Å². The second-order valence-electron chi connectivity index (χ2n) is 10.5. The van der Waals surface area contributed by atoms with Gasteiger partial charge in [-0.15, -0.1) is 0 Å². The number of alkyl halides is 3. The molecule has 6 N–H and O–H groups in total. The second-order valence-corrected chi connectivity index (χ2v) is 10.5. The van der Waals surface area contributed by atoms with Crippen LogP contribution in [0.4, 0.5) is 13.2 Å². The number of hydrogen-bond acceptors (Lipinski definition) is 10. The first kappa shape index (κ1) is 29.0. The van der Waals surface area contributed by atoms with Crippen molar-refractivity contribution < 1.29 is 62.6 Å². The van der Waals surface area contributed by atoms with Gasteiger partial charge in [-0.1, -0.05) is 24.3 Å². The van der Waals surface area contributed by atoms with Gasteiger partial charge in [-0.25, -0.2) is 0 Å². The summed E-state index contributed by atoms with van der Waals surface area (Å²) in [6, 6.07) is 4.39. The largest absolute Gasteiger partial charge is 0.507 e. The Hall–Kier alpha value is -3.56. The Balaban J connectivity index is 1.51. The second kappa shape index (κ2) is 10.1. The predicted octanol–water partition coefficient (Wildman–Crippen LogP) is 1.14. The van der Waals surface area contributed by atoms with Gasteiger partial charge in [0.2, 0.25) is 0 Å². The molecule has 6 atom stereocenters. The van der Waals surface area contributed by atoms with Crippen LogP contribution in [-0.2, 0) is 20.7 Å². The van der Waals surface area contributed by atoms with Gasteiger partial charge in [-0.2, -0.15) is 13.2 Å². The number of fused-ring (bicyclic) bond motifs is 3. The molecule has 220 valence electrons. The molecule has 0 aromatic heterocycles. The number of phenolic OH excluding ortho intramolecular Hbond substituents is 2. The number of aliphatic hydroxyl groups excluding tert-OH is 2. The van der Waals surface area contributed by atoms with Crippen LogP contribution in [0.1, 0.15) is 68.8 Å². The molecule has 0 spiro atoms. The van der Waals surface area contributed by atoms with E-state index in [1.54, 1.807) is 5.32 Å². The van der Waals surface area contributed by atoms with Crippen molar-refractivity contribution in [1.29, 1.82) is 0 Å². The van der Waals surface area contributed by atoms with E-state index in [4.69, 9.17) is 9.47 Å². The lowest BCUT2D eigenvalue weighted by Gasteiger charge is -2.43. The molecule has 14 heteroatoms. The highest BCUT2D eigenvalue weighted by molar-refractivity contribution is 6.30. The maximum Gasteiger partial charge on any atom is 0.471 e. The van der Waals surface area contributed by atoms with Crippen molar-refractivity contribution in [1.82, 2.24) is 5.32 Å². The highest BCUT2D eigenvalue weighted by Gasteiger charge is 2.48. The molecular weight excluding hydrogens is 555 g/mol. The summed E-state index contributed by atoms with van der Waals surface area (Å²) in [5.41, 5.74) is -3.16. The maximum absolute atomic E-state index is 13.3. The number of ether oxygens (including phenoxy) is 2. The molecule has 2 aliphatic carbocycles. The van der Waals surface area contributed by atoms with Crippen LogP contribution in [0.3, 0.4) is 0 Å². The SMILES string of the molecule is C[C@@H]1O[C@@H](O[C@H]2C[C@](O)(CO)Cc3c(O)c4c(c(O)c32)C(=O)c2ccccc2C4=O)C[C@H](O)[C@@H]1NC(=O)C(F)(F)F. The van der Waals surface area contributed by atoms with Crippen molar-refractivity contribution in [3.63, 3.8) is 0 Å². The molecule has 0 saturated carbocycles. The number of halogens is 3. The van der Waals surface area contributed by atoms with Crippen molar-refractivity contribution in [2.45, 2.75) is 68.6 Å². The van der Waals surface area contributed by atoms with Crippen molar-refractivity contribution in [3.05, 3.63) is 57.6 Å². The molecule has 2 aromatic rings. The van der Waals surface area contributed by atoms with E-state index in [1.165, 1.54) is 31.2 Å². The molecule has 1 heterocycles. The summed E-state index contributed by atoms with van der Waals surface area (Å²) >= 11 is 0. The Kier molecular flexibility index (Phi) is 7.11. The molecular formula is C27H26F3NO10. The topological polar surface area (TPSA) is 183 Å². The van der Waals surface area contributed by atoms with Crippen LogP contribution in [0.5, 0.6) is 11.5 Å². The fourth-order valence-corrected chi connectivity index (χ4v) is 5.75. The minimum Gasteiger partial charge on any atom is -0.507 e. The third-order valence-electron chi connectivity index (χ3n) is 7.74. The summed E-state index contributed by atoms with van der Waals surface area (Å²) in [5, 5.41) is 55.7. The standard InChI is InChI=1S/C27H26F3NO10/c1-10-20(31-25(38)27(28,29)30)14(33)6-16(40-10)41-15-8-26(39,9-32)7-13-17(15)24(37)19-18(23(13)36)21(34)11-4-2-3-5-12(11)22(19)35/h2-5,10,14-16,20,32-33,36-37,39H,6-9H2,1H3,(H,31,38)/t10-,14-,15-,16-,20+,26-/m0/s1. The zero-order chi connectivity index (χ0) is 30.0. The van der Waals surface area contributed by atoms with Crippen molar-refractivity contribution in [3.8, 4) is 11.5 Å². The zero-order valence-electron chi connectivity index (χ0n) is 21.4. The average molecular weight is 581 g/mol. The first-order valence-electron chi connectivity index (χ1n) is 12.7. The van der Waals surface area contributed by atoms with Crippen LogP contribution >= 0.6 is 0 Å². The van der Waals surface area contributed by atoms with Crippen molar-refractivity contribution in [2.75, 3.05) is 6.61 Å². The lowest BCUT2D eigenvalue weighted by atomic mass is 9.73. The van der Waals surface area contributed by atoms with E-state index in [0.29, 0.717) is 0 Å². The number of amides is 1. The first-order valence-corrected chi connectivity index (χ1v) is 12.7. The molecule has 3 aliphatic rings. The summed E-state index contributed by atoms with van der Waals surface area (Å²) < 4.78 is 49.7. The highest BCUT2D eigenvalue weighted by Crippen LogP contribution is 2.51. The molecule has 11 nitrogen and oxygen atoms in total. The number of nitrogens with one attached hydrogen (secondary N) is 1. The number of hydrogen-bond donors (Lipinski definition) is 6. The number of ketones is 2. The van der Waals surface area contributed by atoms with Crippen LogP contribution in [0.25, 0.3) is 0 Å². The summed E-state index contributed by atoms with van der Waals surface area (Å²) in [7, 11) is 0. The Morgan fingerprint density at radius 1 is 1.12 bits per heavy atom. The van der Waals surface area contributed by atoms with Crippen molar-refractivity contribution >= 4 is 17.5 Å². The number of rotatable bonds is 4. The van der Waals surface area contributed by atoms with Gasteiger partial charge in [0.05, 0.1) is 47.7 Å². The zero-order valence-corrected chi connectivity index (χ0v) is 21.4. The molecule has 0 bridgehead atoms. The molecule has 0 unspecified atom stereocenters. The lowest BCUT2D eigenvalue weighted by Crippen LogP contribution is -2.58. The van der Waals surface area contributed by atoms with Gasteiger partial charge >= 0.3 is 12.1 Å². The monoisotopic (exact) mass is 581 g/mol. The number of carbonyl (C=O) groups excluding carboxylic acids is 3. The number of benzene rings is 2. The fourth-order valence-electron chi connectivity index (χ4n) is 5.75. The third-order valence-corrected chi connectivity index (χ3v) is 7.74. The van der Waals surface area contributed by atoms with Crippen LogP contribution in [0.15, 0.2) is 24.3 Å². The normalized spacial score (nSPS) is 29.4. The molecule has 1 saturated heterocycles. The van der Waals surface area contributed by atoms with Gasteiger partial charge in [-0.05, 0) is 6.92 Å². The van der Waals surface area contributed by atoms with Gasteiger partial charge in [0.25, 0.3) is 0 Å². The number of aromatic hydroxyl groups is 2. The average Bonchev–Trinajstić information content (AvgIpc) is 2.90. The van der Waals surface area contributed by atoms with Gasteiger partial charge in [0.1, 0.15) is 11.5 Å². The number of phenols is 2. The Morgan fingerprint density at radius 2 is 1.71 bits per heavy atom. The molecule has 2 aromatic carbocycles. The van der Waals surface area contributed by atoms with Crippen LogP contribution in [-0.4, -0.2) is 85.9 Å². The van der Waals surface area contributed by atoms with Gasteiger partial charge < -0.3 is 40.3 Å². The van der Waals surface area contributed by atoms with Crippen LogP contribution in [0.2, 0.25) is 0 Å². The molecule has 1 aliphatic heterocycles. The molecule has 1 fully saturated rings. The van der Waals surface area contributed by atoms with Crippen LogP contribution in [0, 0.1) is 0 Å². The number of aliphatic hydroxyl groups is 3. The van der Waals surface area contributed by atoms with E-state index >= 15 is 0 Å². The molecule has 5 rings (SSSR count). The van der Waals surface area contributed by atoms with E-state index in [1.807, 2.05) is 0 Å². The van der Waals surface area contributed by atoms with E-state index in [-0.39, 0.29) is 28.7 Å². The quantitative estimate of drug-likeness (QED) is 0.245. The molecule has 1 amide bonds. The van der Waals surface area contributed by atoms with Gasteiger partial charge in [0, 0.05) is 41.5 Å². The lowest BCUT2D eigenvalue weighted by molar-refractivity contribution is -0.249. The Morgan fingerprint density at radius 3 is 2.24 bits per heavy atom.